The Morgan fingerprint density at radius 2 is 2.09 bits per heavy atom. The lowest BCUT2D eigenvalue weighted by Gasteiger charge is -2.21. The van der Waals surface area contributed by atoms with Gasteiger partial charge in [-0.05, 0) is 15.9 Å². The van der Waals surface area contributed by atoms with Crippen molar-refractivity contribution in [2.45, 2.75) is 0 Å². The van der Waals surface area contributed by atoms with Crippen LogP contribution in [-0.2, 0) is 9.47 Å². The second-order valence-corrected chi connectivity index (χ2v) is 5.36. The first-order valence-electron chi connectivity index (χ1n) is 6.80. The molecule has 0 fully saturated rings. The highest BCUT2D eigenvalue weighted by molar-refractivity contribution is 9.10. The van der Waals surface area contributed by atoms with Crippen LogP contribution in [-0.4, -0.2) is 51.7 Å². The van der Waals surface area contributed by atoms with Crippen molar-refractivity contribution >= 4 is 33.0 Å². The highest BCUT2D eigenvalue weighted by Gasteiger charge is 2.16. The minimum absolute atomic E-state index is 0.0631. The van der Waals surface area contributed by atoms with Crippen molar-refractivity contribution in [2.24, 2.45) is 0 Å². The van der Waals surface area contributed by atoms with E-state index < -0.39 is 0 Å². The summed E-state index contributed by atoms with van der Waals surface area (Å²) < 4.78 is 21.7. The smallest absolute Gasteiger partial charge is 0.230 e. The van der Waals surface area contributed by atoms with Gasteiger partial charge in [0.15, 0.2) is 5.58 Å². The number of aliphatic hydroxyl groups excluding tert-OH is 1. The fourth-order valence-corrected chi connectivity index (χ4v) is 2.29. The van der Waals surface area contributed by atoms with E-state index in [1.807, 2.05) is 0 Å². The summed E-state index contributed by atoms with van der Waals surface area (Å²) in [5.41, 5.74) is 0.242. The molecule has 2 heterocycles. The van der Waals surface area contributed by atoms with Gasteiger partial charge >= 0.3 is 0 Å². The topological polar surface area (TPSA) is 85.3 Å². The monoisotopic (exact) mass is 375 g/mol. The Balaban J connectivity index is 2.13. The van der Waals surface area contributed by atoms with E-state index in [-0.39, 0.29) is 17.6 Å². The molecule has 2 aromatic heterocycles. The Morgan fingerprint density at radius 1 is 1.27 bits per heavy atom. The Bertz CT molecular complexity index is 652. The Hall–Kier alpha value is -1.35. The molecular formula is C14H18BrNO6. The summed E-state index contributed by atoms with van der Waals surface area (Å²) in [5.74, 6) is 0.365. The number of nitrogens with zero attached hydrogens (tertiary/aromatic N) is 1. The van der Waals surface area contributed by atoms with E-state index in [1.165, 1.54) is 12.3 Å². The average molecular weight is 376 g/mol. The van der Waals surface area contributed by atoms with E-state index in [0.29, 0.717) is 48.9 Å². The first-order chi connectivity index (χ1) is 10.7. The van der Waals surface area contributed by atoms with Crippen molar-refractivity contribution in [3.8, 4) is 0 Å². The van der Waals surface area contributed by atoms with Gasteiger partial charge in [0.05, 0.1) is 37.0 Å². The lowest BCUT2D eigenvalue weighted by atomic mass is 10.3. The van der Waals surface area contributed by atoms with Crippen LogP contribution in [0.4, 0.5) is 5.88 Å². The Labute approximate surface area is 135 Å². The Morgan fingerprint density at radius 3 is 2.82 bits per heavy atom. The van der Waals surface area contributed by atoms with Crippen molar-refractivity contribution in [2.75, 3.05) is 51.5 Å². The molecule has 122 valence electrons. The summed E-state index contributed by atoms with van der Waals surface area (Å²) in [5, 5.41) is 9.19. The highest BCUT2D eigenvalue weighted by Crippen LogP contribution is 2.27. The van der Waals surface area contributed by atoms with Crippen molar-refractivity contribution in [3.05, 3.63) is 27.0 Å². The van der Waals surface area contributed by atoms with Crippen molar-refractivity contribution < 1.29 is 23.4 Å². The number of anilines is 1. The zero-order chi connectivity index (χ0) is 15.9. The fourth-order valence-electron chi connectivity index (χ4n) is 1.93. The highest BCUT2D eigenvalue weighted by atomic mass is 79.9. The fraction of sp³-hybridized carbons (Fsp3) is 0.500. The number of rotatable bonds is 9. The van der Waals surface area contributed by atoms with Crippen LogP contribution >= 0.6 is 15.9 Å². The van der Waals surface area contributed by atoms with Gasteiger partial charge in [0, 0.05) is 20.2 Å². The molecule has 2 aromatic rings. The molecule has 7 nitrogen and oxygen atoms in total. The van der Waals surface area contributed by atoms with E-state index in [0.717, 1.165) is 0 Å². The van der Waals surface area contributed by atoms with Gasteiger partial charge in [0.2, 0.25) is 16.9 Å². The lowest BCUT2D eigenvalue weighted by molar-refractivity contribution is 0.0735. The maximum Gasteiger partial charge on any atom is 0.230 e. The molecule has 0 saturated carbocycles. The number of furan rings is 1. The molecule has 0 aliphatic heterocycles. The van der Waals surface area contributed by atoms with Gasteiger partial charge in [-0.25, -0.2) is 0 Å². The third kappa shape index (κ3) is 4.10. The van der Waals surface area contributed by atoms with Crippen molar-refractivity contribution in [1.29, 1.82) is 0 Å². The molecule has 0 bridgehead atoms. The van der Waals surface area contributed by atoms with Gasteiger partial charge in [0.25, 0.3) is 0 Å². The van der Waals surface area contributed by atoms with Gasteiger partial charge in [-0.1, -0.05) is 0 Å². The van der Waals surface area contributed by atoms with Crippen LogP contribution in [0.5, 0.6) is 0 Å². The predicted octanol–water partition coefficient (Wildman–Crippen LogP) is 1.61. The first kappa shape index (κ1) is 17.0. The summed E-state index contributed by atoms with van der Waals surface area (Å²) >= 11 is 3.27. The molecular weight excluding hydrogens is 358 g/mol. The largest absolute Gasteiger partial charge is 0.456 e. The quantitative estimate of drug-likeness (QED) is 0.666. The normalized spacial score (nSPS) is 11.2. The third-order valence-corrected chi connectivity index (χ3v) is 3.55. The third-order valence-electron chi connectivity index (χ3n) is 3.01. The molecule has 0 unspecified atom stereocenters. The van der Waals surface area contributed by atoms with E-state index in [1.54, 1.807) is 12.0 Å². The molecule has 0 spiro atoms. The molecule has 8 heteroatoms. The molecule has 0 aromatic carbocycles. The lowest BCUT2D eigenvalue weighted by Crippen LogP contribution is -2.31. The minimum atomic E-state index is -0.273. The number of hydrogen-bond donors (Lipinski definition) is 1. The summed E-state index contributed by atoms with van der Waals surface area (Å²) in [6.45, 7) is 2.18. The molecule has 22 heavy (non-hydrogen) atoms. The zero-order valence-corrected chi connectivity index (χ0v) is 13.8. The predicted molar refractivity (Wildman–Crippen MR) is 84.4 cm³/mol. The number of fused-ring (bicyclic) bond motifs is 1. The molecule has 2 rings (SSSR count). The summed E-state index contributed by atoms with van der Waals surface area (Å²) in [7, 11) is 1.61. The maximum absolute atomic E-state index is 12.0. The number of halogens is 1. The SMILES string of the molecule is COCCOCCN(CCO)c1cc(=O)c2occ(Br)c2o1. The Kier molecular flexibility index (Phi) is 6.44. The van der Waals surface area contributed by atoms with E-state index in [9.17, 15) is 9.90 Å². The maximum atomic E-state index is 12.0. The van der Waals surface area contributed by atoms with Gasteiger partial charge in [-0.3, -0.25) is 4.79 Å². The average Bonchev–Trinajstić information content (AvgIpc) is 2.88. The van der Waals surface area contributed by atoms with Gasteiger partial charge < -0.3 is 28.3 Å². The molecule has 0 saturated heterocycles. The number of ether oxygens (including phenoxy) is 2. The molecule has 0 amide bonds. The molecule has 1 N–H and O–H groups in total. The van der Waals surface area contributed by atoms with Gasteiger partial charge in [-0.15, -0.1) is 0 Å². The van der Waals surface area contributed by atoms with Crippen LogP contribution < -0.4 is 10.3 Å². The zero-order valence-electron chi connectivity index (χ0n) is 12.2. The number of methoxy groups -OCH3 is 1. The van der Waals surface area contributed by atoms with E-state index in [2.05, 4.69) is 15.9 Å². The second-order valence-electron chi connectivity index (χ2n) is 4.51. The van der Waals surface area contributed by atoms with Crippen molar-refractivity contribution in [3.63, 3.8) is 0 Å². The van der Waals surface area contributed by atoms with Gasteiger partial charge in [0.1, 0.15) is 6.26 Å². The molecule has 0 atom stereocenters. The summed E-state index contributed by atoms with van der Waals surface area (Å²) in [6, 6.07) is 1.35. The number of hydrogen-bond acceptors (Lipinski definition) is 7. The van der Waals surface area contributed by atoms with Crippen LogP contribution in [0.15, 0.2) is 30.4 Å². The second kappa shape index (κ2) is 8.33. The summed E-state index contributed by atoms with van der Waals surface area (Å²) in [6.07, 6.45) is 1.41. The van der Waals surface area contributed by atoms with Crippen LogP contribution in [0.25, 0.3) is 11.2 Å². The van der Waals surface area contributed by atoms with Crippen LogP contribution in [0.3, 0.4) is 0 Å². The van der Waals surface area contributed by atoms with Crippen LogP contribution in [0, 0.1) is 0 Å². The molecule has 0 radical (unpaired) electrons. The van der Waals surface area contributed by atoms with E-state index >= 15 is 0 Å². The van der Waals surface area contributed by atoms with E-state index in [4.69, 9.17) is 18.3 Å². The van der Waals surface area contributed by atoms with Crippen LogP contribution in [0.2, 0.25) is 0 Å². The minimum Gasteiger partial charge on any atom is -0.456 e. The number of aliphatic hydroxyl groups is 1. The molecule has 0 aliphatic carbocycles. The standard InChI is InChI=1S/C14H18BrNO6/c1-19-6-7-20-5-3-16(2-4-17)12-8-11(18)14-13(22-12)10(15)9-21-14/h8-9,17H,2-7H2,1H3. The van der Waals surface area contributed by atoms with Crippen molar-refractivity contribution in [1.82, 2.24) is 0 Å². The van der Waals surface area contributed by atoms with Gasteiger partial charge in [-0.2, -0.15) is 0 Å². The summed E-state index contributed by atoms with van der Waals surface area (Å²) in [4.78, 5) is 13.8. The molecule has 0 aliphatic rings. The van der Waals surface area contributed by atoms with Crippen LogP contribution in [0.1, 0.15) is 0 Å². The first-order valence-corrected chi connectivity index (χ1v) is 7.60.